The number of phenolic OH excluding ortho intramolecular Hbond substituents is 1. The first-order chi connectivity index (χ1) is 10.1. The Morgan fingerprint density at radius 3 is 2.95 bits per heavy atom. The molecule has 2 rings (SSSR count). The van der Waals surface area contributed by atoms with E-state index in [4.69, 9.17) is 9.15 Å². The van der Waals surface area contributed by atoms with Crippen LogP contribution in [-0.2, 0) is 0 Å². The van der Waals surface area contributed by atoms with Gasteiger partial charge in [0, 0.05) is 5.56 Å². The van der Waals surface area contributed by atoms with Gasteiger partial charge in [-0.1, -0.05) is 6.07 Å². The molecule has 1 aromatic carbocycles. The minimum atomic E-state index is -0.377. The topological polar surface area (TPSA) is 84.1 Å². The number of para-hydroxylation sites is 1. The molecule has 0 aliphatic heterocycles. The number of carbonyl (C=O) groups is 1. The highest BCUT2D eigenvalue weighted by atomic mass is 16.5. The number of hydrogen-bond donors (Lipinski definition) is 2. The van der Waals surface area contributed by atoms with Crippen LogP contribution in [0.3, 0.4) is 0 Å². The van der Waals surface area contributed by atoms with Crippen molar-refractivity contribution < 1.29 is 19.1 Å². The third kappa shape index (κ3) is 3.42. The molecule has 0 atom stereocenters. The molecule has 0 unspecified atom stereocenters. The largest absolute Gasteiger partial charge is 0.504 e. The minimum Gasteiger partial charge on any atom is -0.504 e. The molecule has 0 aliphatic carbocycles. The summed E-state index contributed by atoms with van der Waals surface area (Å²) in [7, 11) is 0. The predicted molar refractivity (Wildman–Crippen MR) is 77.8 cm³/mol. The lowest BCUT2D eigenvalue weighted by molar-refractivity contribution is 0.0953. The number of nitrogens with one attached hydrogen (secondary N) is 1. The first kappa shape index (κ1) is 14.6. The van der Waals surface area contributed by atoms with E-state index in [1.165, 1.54) is 12.5 Å². The number of aromatic hydroxyl groups is 1. The third-order valence-corrected chi connectivity index (χ3v) is 2.80. The van der Waals surface area contributed by atoms with Crippen LogP contribution in [0.1, 0.15) is 28.6 Å². The maximum atomic E-state index is 11.8. The zero-order valence-corrected chi connectivity index (χ0v) is 11.8. The van der Waals surface area contributed by atoms with Crippen LogP contribution >= 0.6 is 0 Å². The Morgan fingerprint density at radius 1 is 1.48 bits per heavy atom. The monoisotopic (exact) mass is 288 g/mol. The lowest BCUT2D eigenvalue weighted by Crippen LogP contribution is -2.17. The average molecular weight is 288 g/mol. The highest BCUT2D eigenvalue weighted by molar-refractivity contribution is 5.95. The van der Waals surface area contributed by atoms with Gasteiger partial charge in [-0.15, -0.1) is 0 Å². The second kappa shape index (κ2) is 6.60. The van der Waals surface area contributed by atoms with Crippen LogP contribution in [0.2, 0.25) is 0 Å². The molecule has 0 spiro atoms. The second-order valence-corrected chi connectivity index (χ2v) is 4.22. The fraction of sp³-hybridized carbons (Fsp3) is 0.200. The van der Waals surface area contributed by atoms with Gasteiger partial charge in [0.2, 0.25) is 0 Å². The maximum absolute atomic E-state index is 11.8. The minimum absolute atomic E-state index is 0.0168. The van der Waals surface area contributed by atoms with Crippen molar-refractivity contribution in [3.05, 3.63) is 47.4 Å². The third-order valence-electron chi connectivity index (χ3n) is 2.80. The van der Waals surface area contributed by atoms with Gasteiger partial charge < -0.3 is 14.3 Å². The van der Waals surface area contributed by atoms with Gasteiger partial charge in [0.1, 0.15) is 5.76 Å². The number of nitrogens with zero attached hydrogens (tertiary/aromatic N) is 1. The van der Waals surface area contributed by atoms with Crippen LogP contribution in [0.15, 0.2) is 40.0 Å². The molecular weight excluding hydrogens is 272 g/mol. The van der Waals surface area contributed by atoms with Crippen LogP contribution in [0.25, 0.3) is 0 Å². The standard InChI is InChI=1S/C15H16N2O4/c1-3-20-13-6-4-5-11(14(13)18)9-16-17-15(19)12-7-8-21-10(12)2/h4-9,18H,3H2,1-2H3,(H,17,19)/b16-9-. The van der Waals surface area contributed by atoms with E-state index in [2.05, 4.69) is 10.5 Å². The van der Waals surface area contributed by atoms with E-state index in [1.54, 1.807) is 31.2 Å². The highest BCUT2D eigenvalue weighted by Crippen LogP contribution is 2.28. The van der Waals surface area contributed by atoms with Crippen LogP contribution in [0, 0.1) is 6.92 Å². The van der Waals surface area contributed by atoms with E-state index in [0.717, 1.165) is 0 Å². The summed E-state index contributed by atoms with van der Waals surface area (Å²) in [6.07, 6.45) is 2.79. The van der Waals surface area contributed by atoms with Crippen molar-refractivity contribution >= 4 is 12.1 Å². The molecule has 1 aromatic heterocycles. The number of hydrazone groups is 1. The number of hydrogen-bond acceptors (Lipinski definition) is 5. The predicted octanol–water partition coefficient (Wildman–Crippen LogP) is 2.46. The van der Waals surface area contributed by atoms with E-state index < -0.39 is 0 Å². The molecule has 6 nitrogen and oxygen atoms in total. The molecule has 0 aliphatic rings. The van der Waals surface area contributed by atoms with Crippen molar-refractivity contribution in [3.63, 3.8) is 0 Å². The summed E-state index contributed by atoms with van der Waals surface area (Å²) in [4.78, 5) is 11.8. The Balaban J connectivity index is 2.07. The summed E-state index contributed by atoms with van der Waals surface area (Å²) >= 11 is 0. The molecule has 2 aromatic rings. The van der Waals surface area contributed by atoms with Gasteiger partial charge in [-0.2, -0.15) is 5.10 Å². The molecule has 0 saturated carbocycles. The summed E-state index contributed by atoms with van der Waals surface area (Å²) in [6, 6.07) is 6.61. The summed E-state index contributed by atoms with van der Waals surface area (Å²) in [5, 5.41) is 13.8. The number of rotatable bonds is 5. The Kier molecular flexibility index (Phi) is 4.61. The SMILES string of the molecule is CCOc1cccc(/C=N\NC(=O)c2ccoc2C)c1O. The van der Waals surface area contributed by atoms with Gasteiger partial charge in [0.25, 0.3) is 5.91 Å². The van der Waals surface area contributed by atoms with Crippen LogP contribution in [0.5, 0.6) is 11.5 Å². The van der Waals surface area contributed by atoms with Crippen molar-refractivity contribution in [2.45, 2.75) is 13.8 Å². The summed E-state index contributed by atoms with van der Waals surface area (Å²) in [5.74, 6) is 0.497. The molecular formula is C15H16N2O4. The molecule has 1 heterocycles. The van der Waals surface area contributed by atoms with E-state index in [9.17, 15) is 9.90 Å². The summed E-state index contributed by atoms with van der Waals surface area (Å²) < 4.78 is 10.3. The van der Waals surface area contributed by atoms with Gasteiger partial charge in [0.15, 0.2) is 11.5 Å². The first-order valence-electron chi connectivity index (χ1n) is 6.45. The second-order valence-electron chi connectivity index (χ2n) is 4.22. The smallest absolute Gasteiger partial charge is 0.274 e. The molecule has 2 N–H and O–H groups in total. The van der Waals surface area contributed by atoms with Crippen molar-refractivity contribution in [3.8, 4) is 11.5 Å². The van der Waals surface area contributed by atoms with Gasteiger partial charge in [-0.05, 0) is 32.0 Å². The van der Waals surface area contributed by atoms with Crippen molar-refractivity contribution in [2.24, 2.45) is 5.10 Å². The molecule has 6 heteroatoms. The van der Waals surface area contributed by atoms with Crippen LogP contribution in [0.4, 0.5) is 0 Å². The molecule has 1 amide bonds. The molecule has 21 heavy (non-hydrogen) atoms. The van der Waals surface area contributed by atoms with Crippen LogP contribution in [-0.4, -0.2) is 23.8 Å². The Hall–Kier alpha value is -2.76. The molecule has 0 radical (unpaired) electrons. The number of furan rings is 1. The normalized spacial score (nSPS) is 10.8. The van der Waals surface area contributed by atoms with E-state index >= 15 is 0 Å². The first-order valence-corrected chi connectivity index (χ1v) is 6.45. The zero-order valence-electron chi connectivity index (χ0n) is 11.8. The summed E-state index contributed by atoms with van der Waals surface area (Å²) in [5.41, 5.74) is 3.24. The number of phenols is 1. The van der Waals surface area contributed by atoms with Crippen molar-refractivity contribution in [1.82, 2.24) is 5.43 Å². The number of ether oxygens (including phenoxy) is 1. The average Bonchev–Trinajstić information content (AvgIpc) is 2.89. The quantitative estimate of drug-likeness (QED) is 0.654. The Labute approximate surface area is 122 Å². The lowest BCUT2D eigenvalue weighted by Gasteiger charge is -2.07. The van der Waals surface area contributed by atoms with Crippen LogP contribution < -0.4 is 10.2 Å². The van der Waals surface area contributed by atoms with Gasteiger partial charge in [-0.25, -0.2) is 5.43 Å². The lowest BCUT2D eigenvalue weighted by atomic mass is 10.2. The highest BCUT2D eigenvalue weighted by Gasteiger charge is 2.10. The number of carbonyl (C=O) groups excluding carboxylic acids is 1. The number of aryl methyl sites for hydroxylation is 1. The molecule has 0 saturated heterocycles. The Morgan fingerprint density at radius 2 is 2.29 bits per heavy atom. The number of amides is 1. The maximum Gasteiger partial charge on any atom is 0.274 e. The Bertz CT molecular complexity index is 661. The fourth-order valence-corrected chi connectivity index (χ4v) is 1.76. The van der Waals surface area contributed by atoms with Gasteiger partial charge in [0.05, 0.1) is 24.6 Å². The van der Waals surface area contributed by atoms with Crippen molar-refractivity contribution in [1.29, 1.82) is 0 Å². The number of benzene rings is 1. The molecule has 0 fully saturated rings. The van der Waals surface area contributed by atoms with Gasteiger partial charge >= 0.3 is 0 Å². The zero-order chi connectivity index (χ0) is 15.2. The fourth-order valence-electron chi connectivity index (χ4n) is 1.76. The van der Waals surface area contributed by atoms with E-state index in [-0.39, 0.29) is 11.7 Å². The van der Waals surface area contributed by atoms with Gasteiger partial charge in [-0.3, -0.25) is 4.79 Å². The van der Waals surface area contributed by atoms with Crippen molar-refractivity contribution in [2.75, 3.05) is 6.61 Å². The molecule has 0 bridgehead atoms. The van der Waals surface area contributed by atoms with E-state index in [1.807, 2.05) is 6.92 Å². The summed E-state index contributed by atoms with van der Waals surface area (Å²) in [6.45, 7) is 3.97. The molecule has 110 valence electrons. The van der Waals surface area contributed by atoms with E-state index in [0.29, 0.717) is 29.2 Å².